The summed E-state index contributed by atoms with van der Waals surface area (Å²) in [5.74, 6) is 0. The minimum Gasteiger partial charge on any atom is -0.369 e. The molecule has 5 heteroatoms. The molecular formula is C9H10ClIN2O. The summed E-state index contributed by atoms with van der Waals surface area (Å²) in [5, 5.41) is 3.79. The summed E-state index contributed by atoms with van der Waals surface area (Å²) in [6.45, 7) is 2.45. The van der Waals surface area contributed by atoms with E-state index in [9.17, 15) is 0 Å². The van der Waals surface area contributed by atoms with Crippen molar-refractivity contribution in [1.29, 1.82) is 0 Å². The number of halogens is 2. The fourth-order valence-corrected chi connectivity index (χ4v) is 2.42. The monoisotopic (exact) mass is 324 g/mol. The molecule has 1 fully saturated rings. The highest BCUT2D eigenvalue weighted by Crippen LogP contribution is 2.21. The molecule has 2 rings (SSSR count). The Hall–Kier alpha value is 0.0900. The number of aromatic nitrogens is 1. The van der Waals surface area contributed by atoms with Gasteiger partial charge in [0.1, 0.15) is 11.3 Å². The first-order chi connectivity index (χ1) is 6.75. The van der Waals surface area contributed by atoms with Crippen molar-refractivity contribution in [3.05, 3.63) is 26.5 Å². The third-order valence-electron chi connectivity index (χ3n) is 2.04. The number of rotatable bonds is 1. The molecule has 0 aliphatic carbocycles. The van der Waals surface area contributed by atoms with Crippen molar-refractivity contribution in [3.63, 3.8) is 0 Å². The number of hydrogen-bond donors (Lipinski definition) is 1. The molecule has 1 aliphatic heterocycles. The molecule has 1 aromatic rings. The van der Waals surface area contributed by atoms with Gasteiger partial charge in [-0.25, -0.2) is 4.98 Å². The summed E-state index contributed by atoms with van der Waals surface area (Å²) in [6.07, 6.45) is 0.0379. The van der Waals surface area contributed by atoms with Crippen LogP contribution in [0.2, 0.25) is 5.15 Å². The lowest BCUT2D eigenvalue weighted by Crippen LogP contribution is -2.33. The molecule has 0 bridgehead atoms. The minimum atomic E-state index is 0.0379. The first-order valence-electron chi connectivity index (χ1n) is 4.41. The van der Waals surface area contributed by atoms with Gasteiger partial charge in [-0.3, -0.25) is 0 Å². The molecule has 3 nitrogen and oxygen atoms in total. The van der Waals surface area contributed by atoms with Gasteiger partial charge in [-0.15, -0.1) is 0 Å². The summed E-state index contributed by atoms with van der Waals surface area (Å²) < 4.78 is 6.68. The van der Waals surface area contributed by atoms with Crippen LogP contribution in [-0.4, -0.2) is 24.7 Å². The summed E-state index contributed by atoms with van der Waals surface area (Å²) in [6, 6.07) is 3.84. The zero-order chi connectivity index (χ0) is 9.97. The maximum Gasteiger partial charge on any atom is 0.130 e. The number of ether oxygens (including phenoxy) is 1. The van der Waals surface area contributed by atoms with Gasteiger partial charge in [-0.05, 0) is 34.7 Å². The third kappa shape index (κ3) is 2.56. The molecule has 1 unspecified atom stereocenters. The normalized spacial score (nSPS) is 22.3. The molecule has 1 N–H and O–H groups in total. The molecule has 1 aromatic heterocycles. The number of hydrogen-bond acceptors (Lipinski definition) is 3. The van der Waals surface area contributed by atoms with Crippen LogP contribution < -0.4 is 5.32 Å². The van der Waals surface area contributed by atoms with Gasteiger partial charge in [0, 0.05) is 16.7 Å². The molecule has 0 amide bonds. The van der Waals surface area contributed by atoms with Crippen LogP contribution in [-0.2, 0) is 4.74 Å². The Labute approximate surface area is 101 Å². The Kier molecular flexibility index (Phi) is 3.59. The van der Waals surface area contributed by atoms with Crippen LogP contribution in [0.3, 0.4) is 0 Å². The smallest absolute Gasteiger partial charge is 0.130 e. The first-order valence-corrected chi connectivity index (χ1v) is 5.86. The molecule has 1 atom stereocenters. The fourth-order valence-electron chi connectivity index (χ4n) is 1.40. The highest BCUT2D eigenvalue weighted by molar-refractivity contribution is 14.1. The topological polar surface area (TPSA) is 34.1 Å². The largest absolute Gasteiger partial charge is 0.369 e. The van der Waals surface area contributed by atoms with E-state index >= 15 is 0 Å². The predicted octanol–water partition coefficient (Wildman–Crippen LogP) is 2.00. The van der Waals surface area contributed by atoms with E-state index in [0.29, 0.717) is 5.15 Å². The van der Waals surface area contributed by atoms with E-state index in [0.717, 1.165) is 29.0 Å². The van der Waals surface area contributed by atoms with Gasteiger partial charge < -0.3 is 10.1 Å². The van der Waals surface area contributed by atoms with Crippen LogP contribution >= 0.6 is 34.2 Å². The summed E-state index contributed by atoms with van der Waals surface area (Å²) >= 11 is 8.10. The fraction of sp³-hybridized carbons (Fsp3) is 0.444. The number of pyridine rings is 1. The van der Waals surface area contributed by atoms with Crippen molar-refractivity contribution in [2.45, 2.75) is 6.10 Å². The average molecular weight is 325 g/mol. The number of morpholine rings is 1. The Morgan fingerprint density at radius 2 is 2.43 bits per heavy atom. The summed E-state index contributed by atoms with van der Waals surface area (Å²) in [5.41, 5.74) is 0.911. The molecule has 0 spiro atoms. The van der Waals surface area contributed by atoms with Gasteiger partial charge in [0.05, 0.1) is 12.3 Å². The van der Waals surface area contributed by atoms with Crippen LogP contribution in [0.4, 0.5) is 0 Å². The van der Waals surface area contributed by atoms with Crippen molar-refractivity contribution >= 4 is 34.2 Å². The summed E-state index contributed by atoms with van der Waals surface area (Å²) in [4.78, 5) is 4.25. The quantitative estimate of drug-likeness (QED) is 0.634. The van der Waals surface area contributed by atoms with E-state index in [-0.39, 0.29) is 6.10 Å². The highest BCUT2D eigenvalue weighted by Gasteiger charge is 2.17. The molecule has 1 aliphatic rings. The van der Waals surface area contributed by atoms with Crippen LogP contribution in [0.1, 0.15) is 11.8 Å². The van der Waals surface area contributed by atoms with E-state index in [1.165, 1.54) is 0 Å². The predicted molar refractivity (Wildman–Crippen MR) is 63.5 cm³/mol. The maximum absolute atomic E-state index is 5.88. The van der Waals surface area contributed by atoms with Crippen molar-refractivity contribution < 1.29 is 4.74 Å². The molecule has 1 saturated heterocycles. The van der Waals surface area contributed by atoms with Crippen molar-refractivity contribution in [2.75, 3.05) is 19.7 Å². The third-order valence-corrected chi connectivity index (χ3v) is 2.85. The summed E-state index contributed by atoms with van der Waals surface area (Å²) in [7, 11) is 0. The second kappa shape index (κ2) is 4.74. The Bertz CT molecular complexity index is 308. The Morgan fingerprint density at radius 3 is 3.07 bits per heavy atom. The molecule has 0 radical (unpaired) electrons. The van der Waals surface area contributed by atoms with E-state index in [1.807, 2.05) is 12.1 Å². The lowest BCUT2D eigenvalue weighted by atomic mass is 10.2. The van der Waals surface area contributed by atoms with Gasteiger partial charge in [0.25, 0.3) is 0 Å². The molecule has 14 heavy (non-hydrogen) atoms. The van der Waals surface area contributed by atoms with Crippen LogP contribution in [0.5, 0.6) is 0 Å². The Morgan fingerprint density at radius 1 is 1.57 bits per heavy atom. The molecule has 0 aromatic carbocycles. The highest BCUT2D eigenvalue weighted by atomic mass is 127. The van der Waals surface area contributed by atoms with E-state index in [1.54, 1.807) is 0 Å². The van der Waals surface area contributed by atoms with Crippen molar-refractivity contribution in [1.82, 2.24) is 10.3 Å². The van der Waals surface area contributed by atoms with Crippen LogP contribution in [0.25, 0.3) is 0 Å². The standard InChI is InChI=1S/C9H10ClIN2O/c10-9-4-6(11)3-7(13-9)8-5-12-1-2-14-8/h3-4,8,12H,1-2,5H2. The minimum absolute atomic E-state index is 0.0379. The van der Waals surface area contributed by atoms with Gasteiger partial charge in [-0.2, -0.15) is 0 Å². The van der Waals surface area contributed by atoms with Crippen LogP contribution in [0, 0.1) is 3.57 Å². The molecule has 0 saturated carbocycles. The SMILES string of the molecule is Clc1cc(I)cc(C2CNCCO2)n1. The second-order valence-corrected chi connectivity index (χ2v) is 4.73. The zero-order valence-electron chi connectivity index (χ0n) is 7.46. The first kappa shape index (κ1) is 10.6. The molecular weight excluding hydrogens is 314 g/mol. The van der Waals surface area contributed by atoms with E-state index < -0.39 is 0 Å². The van der Waals surface area contributed by atoms with Gasteiger partial charge in [0.15, 0.2) is 0 Å². The average Bonchev–Trinajstić information content (AvgIpc) is 2.18. The molecule has 76 valence electrons. The maximum atomic E-state index is 5.88. The number of nitrogens with zero attached hydrogens (tertiary/aromatic N) is 1. The van der Waals surface area contributed by atoms with Gasteiger partial charge >= 0.3 is 0 Å². The van der Waals surface area contributed by atoms with Gasteiger partial charge in [-0.1, -0.05) is 11.6 Å². The van der Waals surface area contributed by atoms with Crippen molar-refractivity contribution in [3.8, 4) is 0 Å². The van der Waals surface area contributed by atoms with E-state index in [2.05, 4.69) is 32.9 Å². The van der Waals surface area contributed by atoms with E-state index in [4.69, 9.17) is 16.3 Å². The number of nitrogens with one attached hydrogen (secondary N) is 1. The van der Waals surface area contributed by atoms with Crippen molar-refractivity contribution in [2.24, 2.45) is 0 Å². The Balaban J connectivity index is 2.21. The lowest BCUT2D eigenvalue weighted by molar-refractivity contribution is 0.0250. The van der Waals surface area contributed by atoms with Crippen LogP contribution in [0.15, 0.2) is 12.1 Å². The lowest BCUT2D eigenvalue weighted by Gasteiger charge is -2.23. The van der Waals surface area contributed by atoms with Gasteiger partial charge in [0.2, 0.25) is 0 Å². The zero-order valence-corrected chi connectivity index (χ0v) is 10.4. The second-order valence-electron chi connectivity index (χ2n) is 3.10. The molecule has 2 heterocycles.